The number of hydrogen-bond acceptors (Lipinski definition) is 2. The molecule has 1 aromatic heterocycles. The van der Waals surface area contributed by atoms with E-state index >= 15 is 0 Å². The van der Waals surface area contributed by atoms with Crippen molar-refractivity contribution in [1.82, 2.24) is 9.78 Å². The predicted molar refractivity (Wildman–Crippen MR) is 81.7 cm³/mol. The van der Waals surface area contributed by atoms with Gasteiger partial charge in [0.25, 0.3) is 0 Å². The summed E-state index contributed by atoms with van der Waals surface area (Å²) in [5, 5.41) is 5.22. The predicted octanol–water partition coefficient (Wildman–Crippen LogP) is 3.69. The molecule has 0 aromatic carbocycles. The number of hydrogen-bond donors (Lipinski definition) is 0. The van der Waals surface area contributed by atoms with Gasteiger partial charge in [-0.05, 0) is 28.6 Å². The highest BCUT2D eigenvalue weighted by molar-refractivity contribution is 14.1. The molecule has 16 heavy (non-hydrogen) atoms. The Bertz CT molecular complexity index is 338. The zero-order valence-corrected chi connectivity index (χ0v) is 14.7. The fraction of sp³-hybridized carbons (Fsp3) is 0.700. The summed E-state index contributed by atoms with van der Waals surface area (Å²) in [6.07, 6.45) is 2.03. The molecule has 0 atom stereocenters. The number of nitrogens with zero attached hydrogens (tertiary/aromatic N) is 2. The molecule has 1 aromatic rings. The van der Waals surface area contributed by atoms with Crippen molar-refractivity contribution < 1.29 is 4.74 Å². The minimum Gasteiger partial charge on any atom is -0.360 e. The van der Waals surface area contributed by atoms with Crippen LogP contribution in [-0.2, 0) is 16.8 Å². The van der Waals surface area contributed by atoms with Gasteiger partial charge in [-0.25, -0.2) is 4.68 Å². The molecule has 1 rings (SSSR count). The second-order valence-electron chi connectivity index (χ2n) is 4.97. The first-order valence-corrected chi connectivity index (χ1v) is 11.2. The highest BCUT2D eigenvalue weighted by atomic mass is 127. The molecule has 0 fully saturated rings. The van der Waals surface area contributed by atoms with Crippen molar-refractivity contribution in [2.75, 3.05) is 6.61 Å². The van der Waals surface area contributed by atoms with Gasteiger partial charge in [0.1, 0.15) is 10.4 Å². The maximum Gasteiger partial charge on any atom is 0.139 e. The average Bonchev–Trinajstić information content (AvgIpc) is 2.52. The van der Waals surface area contributed by atoms with Gasteiger partial charge in [0.05, 0.1) is 0 Å². The van der Waals surface area contributed by atoms with Gasteiger partial charge >= 0.3 is 0 Å². The summed E-state index contributed by atoms with van der Waals surface area (Å²) in [6, 6.07) is 1.21. The van der Waals surface area contributed by atoms with E-state index < -0.39 is 8.07 Å². The minimum absolute atomic E-state index is 0.563. The van der Waals surface area contributed by atoms with Gasteiger partial charge in [0, 0.05) is 31.8 Å². The Kier molecular flexibility index (Phi) is 5.96. The van der Waals surface area contributed by atoms with E-state index in [0.717, 1.165) is 15.6 Å². The van der Waals surface area contributed by atoms with Crippen LogP contribution in [0.25, 0.3) is 0 Å². The summed E-state index contributed by atoms with van der Waals surface area (Å²) < 4.78 is 8.53. The van der Waals surface area contributed by atoms with E-state index in [1.165, 1.54) is 11.6 Å². The van der Waals surface area contributed by atoms with Gasteiger partial charge in [-0.1, -0.05) is 35.6 Å². The second kappa shape index (κ2) is 6.51. The summed E-state index contributed by atoms with van der Waals surface area (Å²) >= 11 is 5.68. The Hall–Kier alpha value is 0.597. The first-order chi connectivity index (χ1) is 7.42. The molecule has 0 saturated heterocycles. The van der Waals surface area contributed by atoms with Crippen molar-refractivity contribution in [2.24, 2.45) is 0 Å². The third kappa shape index (κ3) is 5.28. The molecule has 0 spiro atoms. The van der Waals surface area contributed by atoms with Crippen LogP contribution in [0.2, 0.25) is 25.7 Å². The normalized spacial score (nSPS) is 12.1. The number of alkyl halides is 1. The molecule has 6 heteroatoms. The molecule has 1 heterocycles. The van der Waals surface area contributed by atoms with Crippen molar-refractivity contribution in [3.05, 3.63) is 15.5 Å². The fourth-order valence-corrected chi connectivity index (χ4v) is 3.43. The highest BCUT2D eigenvalue weighted by Crippen LogP contribution is 2.13. The molecule has 0 bridgehead atoms. The number of ether oxygens (including phenoxy) is 1. The van der Waals surface area contributed by atoms with Crippen molar-refractivity contribution in [3.8, 4) is 0 Å². The first kappa shape index (κ1) is 14.7. The second-order valence-corrected chi connectivity index (χ2v) is 12.2. The van der Waals surface area contributed by atoms with Crippen LogP contribution in [0.1, 0.15) is 5.56 Å². The van der Waals surface area contributed by atoms with Crippen molar-refractivity contribution in [3.63, 3.8) is 0 Å². The molecule has 0 N–H and O–H groups in total. The fourth-order valence-electron chi connectivity index (χ4n) is 1.13. The van der Waals surface area contributed by atoms with Crippen molar-refractivity contribution in [1.29, 1.82) is 0 Å². The molecule has 0 aliphatic carbocycles. The standard InChI is InChI=1S/C10H18BrIN2OSi/c1-16(2,3)5-4-15-8-14-7-9(6-11)10(12)13-14/h7H,4-6,8H2,1-3H3. The first-order valence-electron chi connectivity index (χ1n) is 5.28. The van der Waals surface area contributed by atoms with Crippen molar-refractivity contribution in [2.45, 2.75) is 37.7 Å². The zero-order valence-electron chi connectivity index (χ0n) is 9.96. The largest absolute Gasteiger partial charge is 0.360 e. The van der Waals surface area contributed by atoms with Gasteiger partial charge in [-0.2, -0.15) is 5.10 Å². The molecule has 0 aliphatic heterocycles. The van der Waals surface area contributed by atoms with Gasteiger partial charge in [-0.15, -0.1) is 0 Å². The van der Waals surface area contributed by atoms with Gasteiger partial charge in [0.2, 0.25) is 0 Å². The third-order valence-corrected chi connectivity index (χ3v) is 5.37. The molecule has 0 radical (unpaired) electrons. The Labute approximate surface area is 120 Å². The van der Waals surface area contributed by atoms with Gasteiger partial charge in [-0.3, -0.25) is 0 Å². The Morgan fingerprint density at radius 2 is 2.19 bits per heavy atom. The van der Waals surface area contributed by atoms with Crippen LogP contribution in [0.4, 0.5) is 0 Å². The van der Waals surface area contributed by atoms with E-state index in [1.807, 2.05) is 10.9 Å². The maximum atomic E-state index is 5.63. The topological polar surface area (TPSA) is 27.1 Å². The van der Waals surface area contributed by atoms with Crippen LogP contribution >= 0.6 is 38.5 Å². The molecule has 0 amide bonds. The van der Waals surface area contributed by atoms with E-state index in [9.17, 15) is 0 Å². The summed E-state index contributed by atoms with van der Waals surface area (Å²) in [4.78, 5) is 0. The lowest BCUT2D eigenvalue weighted by Gasteiger charge is -2.15. The highest BCUT2D eigenvalue weighted by Gasteiger charge is 2.12. The quantitative estimate of drug-likeness (QED) is 0.306. The summed E-state index contributed by atoms with van der Waals surface area (Å²) in [7, 11) is -0.972. The molecule has 0 unspecified atom stereocenters. The summed E-state index contributed by atoms with van der Waals surface area (Å²) in [5.74, 6) is 0. The maximum absolute atomic E-state index is 5.63. The summed E-state index contributed by atoms with van der Waals surface area (Å²) in [5.41, 5.74) is 1.22. The number of halogens is 2. The lowest BCUT2D eigenvalue weighted by atomic mass is 10.4. The number of rotatable bonds is 6. The zero-order chi connectivity index (χ0) is 12.2. The summed E-state index contributed by atoms with van der Waals surface area (Å²) in [6.45, 7) is 8.48. The Balaban J connectivity index is 2.32. The Morgan fingerprint density at radius 3 is 2.69 bits per heavy atom. The molecule has 0 saturated carbocycles. The smallest absolute Gasteiger partial charge is 0.139 e. The Morgan fingerprint density at radius 1 is 1.50 bits per heavy atom. The van der Waals surface area contributed by atoms with E-state index in [2.05, 4.69) is 63.3 Å². The van der Waals surface area contributed by atoms with E-state index in [0.29, 0.717) is 6.73 Å². The van der Waals surface area contributed by atoms with Crippen LogP contribution < -0.4 is 0 Å². The van der Waals surface area contributed by atoms with E-state index in [1.54, 1.807) is 0 Å². The minimum atomic E-state index is -0.972. The van der Waals surface area contributed by atoms with Crippen LogP contribution in [0, 0.1) is 3.70 Å². The molecular formula is C10H18BrIN2OSi. The van der Waals surface area contributed by atoms with Crippen LogP contribution in [0.5, 0.6) is 0 Å². The molecule has 92 valence electrons. The molecule has 3 nitrogen and oxygen atoms in total. The van der Waals surface area contributed by atoms with Crippen LogP contribution in [-0.4, -0.2) is 24.5 Å². The number of aromatic nitrogens is 2. The van der Waals surface area contributed by atoms with Gasteiger partial charge in [0.15, 0.2) is 0 Å². The SMILES string of the molecule is C[Si](C)(C)CCOCn1cc(CBr)c(I)n1. The van der Waals surface area contributed by atoms with E-state index in [4.69, 9.17) is 4.74 Å². The van der Waals surface area contributed by atoms with Gasteiger partial charge < -0.3 is 4.74 Å². The molecular weight excluding hydrogens is 399 g/mol. The third-order valence-electron chi connectivity index (χ3n) is 2.15. The van der Waals surface area contributed by atoms with Crippen LogP contribution in [0.15, 0.2) is 6.20 Å². The monoisotopic (exact) mass is 416 g/mol. The van der Waals surface area contributed by atoms with Crippen molar-refractivity contribution >= 4 is 46.6 Å². The lowest BCUT2D eigenvalue weighted by Crippen LogP contribution is -2.22. The average molecular weight is 417 g/mol. The van der Waals surface area contributed by atoms with E-state index in [-0.39, 0.29) is 0 Å². The molecule has 0 aliphatic rings. The van der Waals surface area contributed by atoms with Crippen LogP contribution in [0.3, 0.4) is 0 Å². The lowest BCUT2D eigenvalue weighted by molar-refractivity contribution is 0.0783.